The van der Waals surface area contributed by atoms with Gasteiger partial charge in [-0.1, -0.05) is 51.3 Å². The van der Waals surface area contributed by atoms with Gasteiger partial charge in [-0.25, -0.2) is 0 Å². The van der Waals surface area contributed by atoms with Gasteiger partial charge in [-0.2, -0.15) is 0 Å². The van der Waals surface area contributed by atoms with Crippen molar-refractivity contribution in [1.29, 1.82) is 0 Å². The zero-order chi connectivity index (χ0) is 15.6. The molecule has 0 spiro atoms. The number of anilines is 1. The number of hydrogen-bond donors (Lipinski definition) is 1. The molecule has 0 aliphatic heterocycles. The fraction of sp³-hybridized carbons (Fsp3) is 0.143. The first-order chi connectivity index (χ1) is 9.90. The second kappa shape index (κ2) is 6.64. The van der Waals surface area contributed by atoms with Crippen LogP contribution in [0.1, 0.15) is 11.1 Å². The number of halogens is 3. The third-order valence-corrected chi connectivity index (χ3v) is 4.13. The molecule has 2 aromatic carbocycles. The van der Waals surface area contributed by atoms with Crippen LogP contribution in [0.3, 0.4) is 0 Å². The van der Waals surface area contributed by atoms with Crippen LogP contribution in [0.25, 0.3) is 0 Å². The molecule has 2 rings (SSSR count). The molecule has 0 unspecified atom stereocenters. The Bertz CT molecular complexity index is 684. The van der Waals surface area contributed by atoms with Gasteiger partial charge < -0.3 is 5.32 Å². The smallest absolute Gasteiger partial charge is 0.272 e. The average Bonchev–Trinajstić information content (AvgIpc) is 2.38. The second-order valence-electron chi connectivity index (χ2n) is 4.42. The predicted molar refractivity (Wildman–Crippen MR) is 89.3 cm³/mol. The van der Waals surface area contributed by atoms with Crippen molar-refractivity contribution in [1.82, 2.24) is 0 Å². The van der Waals surface area contributed by atoms with Crippen molar-refractivity contribution in [2.24, 2.45) is 0 Å². The first kappa shape index (κ1) is 16.1. The van der Waals surface area contributed by atoms with E-state index >= 15 is 0 Å². The number of rotatable bonds is 4. The van der Waals surface area contributed by atoms with Crippen LogP contribution in [-0.4, -0.2) is 4.92 Å². The minimum Gasteiger partial charge on any atom is -0.379 e. The Balaban J connectivity index is 2.25. The summed E-state index contributed by atoms with van der Waals surface area (Å²) in [6.45, 7) is 2.12. The first-order valence-electron chi connectivity index (χ1n) is 6.01. The maximum atomic E-state index is 10.9. The van der Waals surface area contributed by atoms with Crippen molar-refractivity contribution < 1.29 is 4.92 Å². The van der Waals surface area contributed by atoms with Crippen LogP contribution in [0.4, 0.5) is 11.4 Å². The Kier molecular flexibility index (Phi) is 5.08. The van der Waals surface area contributed by atoms with Crippen LogP contribution in [0, 0.1) is 17.0 Å². The lowest BCUT2D eigenvalue weighted by atomic mass is 10.1. The Morgan fingerprint density at radius 3 is 2.48 bits per heavy atom. The summed E-state index contributed by atoms with van der Waals surface area (Å²) in [7, 11) is 0. The van der Waals surface area contributed by atoms with Crippen molar-refractivity contribution >= 4 is 50.5 Å². The van der Waals surface area contributed by atoms with Gasteiger partial charge in [0.2, 0.25) is 0 Å². The molecule has 21 heavy (non-hydrogen) atoms. The van der Waals surface area contributed by atoms with E-state index in [-0.39, 0.29) is 5.69 Å². The number of benzene rings is 2. The Labute approximate surface area is 140 Å². The van der Waals surface area contributed by atoms with Crippen LogP contribution in [-0.2, 0) is 6.54 Å². The van der Waals surface area contributed by atoms with E-state index in [1.165, 1.54) is 6.07 Å². The summed E-state index contributed by atoms with van der Waals surface area (Å²) in [4.78, 5) is 10.5. The molecule has 0 radical (unpaired) electrons. The molecule has 0 atom stereocenters. The summed E-state index contributed by atoms with van der Waals surface area (Å²) < 4.78 is 0.787. The molecule has 2 aromatic rings. The SMILES string of the molecule is Cc1c(CNc2c(Cl)cc(Br)cc2Cl)cccc1[N+](=O)[O-]. The number of hydrogen-bond acceptors (Lipinski definition) is 3. The zero-order valence-electron chi connectivity index (χ0n) is 11.0. The van der Waals surface area contributed by atoms with Crippen molar-refractivity contribution in [3.8, 4) is 0 Å². The maximum Gasteiger partial charge on any atom is 0.272 e. The highest BCUT2D eigenvalue weighted by molar-refractivity contribution is 9.10. The van der Waals surface area contributed by atoms with Crippen LogP contribution >= 0.6 is 39.1 Å². The predicted octanol–water partition coefficient (Wildman–Crippen LogP) is 5.58. The van der Waals surface area contributed by atoms with Crippen molar-refractivity contribution in [3.05, 3.63) is 66.1 Å². The van der Waals surface area contributed by atoms with Crippen LogP contribution in [0.5, 0.6) is 0 Å². The average molecular weight is 390 g/mol. The third-order valence-electron chi connectivity index (χ3n) is 3.08. The van der Waals surface area contributed by atoms with Gasteiger partial charge in [0, 0.05) is 22.6 Å². The van der Waals surface area contributed by atoms with Crippen LogP contribution in [0.15, 0.2) is 34.8 Å². The lowest BCUT2D eigenvalue weighted by molar-refractivity contribution is -0.385. The minimum atomic E-state index is -0.390. The molecule has 0 aliphatic rings. The molecule has 110 valence electrons. The molecule has 0 saturated carbocycles. The first-order valence-corrected chi connectivity index (χ1v) is 7.56. The fourth-order valence-corrected chi connectivity index (χ4v) is 3.30. The van der Waals surface area contributed by atoms with Crippen LogP contribution < -0.4 is 5.32 Å². The van der Waals surface area contributed by atoms with Crippen molar-refractivity contribution in [2.75, 3.05) is 5.32 Å². The molecule has 1 N–H and O–H groups in total. The summed E-state index contributed by atoms with van der Waals surface area (Å²) >= 11 is 15.6. The summed E-state index contributed by atoms with van der Waals surface area (Å²) in [5.74, 6) is 0. The Morgan fingerprint density at radius 2 is 1.90 bits per heavy atom. The molecule has 0 amide bonds. The number of nitrogens with zero attached hydrogens (tertiary/aromatic N) is 1. The summed E-state index contributed by atoms with van der Waals surface area (Å²) in [5, 5.41) is 15.0. The van der Waals surface area contributed by atoms with E-state index in [4.69, 9.17) is 23.2 Å². The highest BCUT2D eigenvalue weighted by atomic mass is 79.9. The molecule has 0 saturated heterocycles. The molecule has 0 heterocycles. The molecule has 4 nitrogen and oxygen atoms in total. The standard InChI is InChI=1S/C14H11BrCl2N2O2/c1-8-9(3-2-4-13(8)19(20)21)7-18-14-11(16)5-10(15)6-12(14)17/h2-6,18H,7H2,1H3. The molecule has 0 aromatic heterocycles. The van der Waals surface area contributed by atoms with Gasteiger partial charge in [0.15, 0.2) is 0 Å². The monoisotopic (exact) mass is 388 g/mol. The Morgan fingerprint density at radius 1 is 1.29 bits per heavy atom. The molecule has 0 bridgehead atoms. The van der Waals surface area contributed by atoms with Gasteiger partial charge in [0.05, 0.1) is 20.7 Å². The number of nitro benzene ring substituents is 1. The highest BCUT2D eigenvalue weighted by Crippen LogP contribution is 2.34. The van der Waals surface area contributed by atoms with E-state index in [0.29, 0.717) is 27.8 Å². The lowest BCUT2D eigenvalue weighted by Crippen LogP contribution is -2.04. The normalized spacial score (nSPS) is 10.5. The van der Waals surface area contributed by atoms with Crippen LogP contribution in [0.2, 0.25) is 10.0 Å². The number of nitro groups is 1. The van der Waals surface area contributed by atoms with Gasteiger partial charge in [-0.15, -0.1) is 0 Å². The minimum absolute atomic E-state index is 0.0994. The van der Waals surface area contributed by atoms with E-state index in [1.807, 2.05) is 6.07 Å². The van der Waals surface area contributed by atoms with Gasteiger partial charge in [-0.05, 0) is 24.6 Å². The van der Waals surface area contributed by atoms with Gasteiger partial charge in [-0.3, -0.25) is 10.1 Å². The second-order valence-corrected chi connectivity index (χ2v) is 6.15. The van der Waals surface area contributed by atoms with E-state index in [0.717, 1.165) is 10.0 Å². The zero-order valence-corrected chi connectivity index (χ0v) is 14.1. The van der Waals surface area contributed by atoms with Crippen molar-refractivity contribution in [2.45, 2.75) is 13.5 Å². The van der Waals surface area contributed by atoms with E-state index in [1.54, 1.807) is 25.1 Å². The van der Waals surface area contributed by atoms with Gasteiger partial charge in [0.1, 0.15) is 0 Å². The molecule has 7 heteroatoms. The van der Waals surface area contributed by atoms with Gasteiger partial charge in [0.25, 0.3) is 5.69 Å². The summed E-state index contributed by atoms with van der Waals surface area (Å²) in [5.41, 5.74) is 2.15. The molecular formula is C14H11BrCl2N2O2. The topological polar surface area (TPSA) is 55.2 Å². The van der Waals surface area contributed by atoms with E-state index in [9.17, 15) is 10.1 Å². The Hall–Kier alpha value is -1.30. The van der Waals surface area contributed by atoms with E-state index in [2.05, 4.69) is 21.2 Å². The molecule has 0 fully saturated rings. The molecule has 0 aliphatic carbocycles. The number of nitrogens with one attached hydrogen (secondary N) is 1. The maximum absolute atomic E-state index is 10.9. The summed E-state index contributed by atoms with van der Waals surface area (Å²) in [6.07, 6.45) is 0. The highest BCUT2D eigenvalue weighted by Gasteiger charge is 2.14. The largest absolute Gasteiger partial charge is 0.379 e. The van der Waals surface area contributed by atoms with Gasteiger partial charge >= 0.3 is 0 Å². The van der Waals surface area contributed by atoms with Crippen molar-refractivity contribution in [3.63, 3.8) is 0 Å². The third kappa shape index (κ3) is 3.67. The molecular weight excluding hydrogens is 379 g/mol. The summed E-state index contributed by atoms with van der Waals surface area (Å²) in [6, 6.07) is 8.44. The van der Waals surface area contributed by atoms with E-state index < -0.39 is 4.92 Å². The lowest BCUT2D eigenvalue weighted by Gasteiger charge is -2.12. The fourth-order valence-electron chi connectivity index (χ4n) is 1.95. The quantitative estimate of drug-likeness (QED) is 0.548.